The molecule has 2 nitrogen and oxygen atoms in total. The minimum absolute atomic E-state index is 0.240. The summed E-state index contributed by atoms with van der Waals surface area (Å²) in [6, 6.07) is 21.1. The van der Waals surface area contributed by atoms with E-state index >= 15 is 0 Å². The summed E-state index contributed by atoms with van der Waals surface area (Å²) in [5.41, 5.74) is 4.51. The van der Waals surface area contributed by atoms with E-state index in [0.29, 0.717) is 12.1 Å². The number of nitrogens with one attached hydrogen (secondary N) is 1. The van der Waals surface area contributed by atoms with E-state index in [1.165, 1.54) is 49.2 Å². The van der Waals surface area contributed by atoms with Gasteiger partial charge < -0.3 is 10.2 Å². The predicted octanol–water partition coefficient (Wildman–Crippen LogP) is 5.34. The zero-order valence-electron chi connectivity index (χ0n) is 17.5. The van der Waals surface area contributed by atoms with Gasteiger partial charge in [-0.25, -0.2) is 0 Å². The van der Waals surface area contributed by atoms with Crippen molar-refractivity contribution in [3.63, 3.8) is 0 Å². The molecule has 0 amide bonds. The summed E-state index contributed by atoms with van der Waals surface area (Å²) in [7, 11) is 0. The molecule has 2 aromatic carbocycles. The minimum atomic E-state index is 0.240. The third kappa shape index (κ3) is 5.92. The summed E-state index contributed by atoms with van der Waals surface area (Å²) in [5.74, 6) is 0. The van der Waals surface area contributed by atoms with Crippen LogP contribution in [0.25, 0.3) is 0 Å². The van der Waals surface area contributed by atoms with Crippen LogP contribution >= 0.6 is 0 Å². The number of benzene rings is 2. The number of hydrogen-bond acceptors (Lipinski definition) is 2. The average molecular weight is 365 g/mol. The van der Waals surface area contributed by atoms with Crippen LogP contribution in [0.2, 0.25) is 0 Å². The molecule has 1 N–H and O–H groups in total. The molecule has 1 saturated heterocycles. The molecule has 0 radical (unpaired) electrons. The van der Waals surface area contributed by atoms with Crippen LogP contribution in [0.15, 0.2) is 54.6 Å². The normalized spacial score (nSPS) is 17.8. The van der Waals surface area contributed by atoms with E-state index < -0.39 is 0 Å². The summed E-state index contributed by atoms with van der Waals surface area (Å²) < 4.78 is 0. The van der Waals surface area contributed by atoms with Crippen LogP contribution in [0, 0.1) is 0 Å². The second-order valence-electron chi connectivity index (χ2n) is 9.11. The first-order valence-electron chi connectivity index (χ1n) is 10.5. The van der Waals surface area contributed by atoms with Gasteiger partial charge in [-0.05, 0) is 61.4 Å². The quantitative estimate of drug-likeness (QED) is 0.744. The molecule has 1 aliphatic heterocycles. The van der Waals surface area contributed by atoms with E-state index in [1.54, 1.807) is 0 Å². The van der Waals surface area contributed by atoms with Crippen molar-refractivity contribution in [2.75, 3.05) is 19.6 Å². The fraction of sp³-hybridized carbons (Fsp3) is 0.520. The zero-order valence-corrected chi connectivity index (χ0v) is 17.5. The fourth-order valence-electron chi connectivity index (χ4n) is 3.97. The lowest BCUT2D eigenvalue weighted by Crippen LogP contribution is -2.43. The molecular weight excluding hydrogens is 328 g/mol. The Hall–Kier alpha value is -1.64. The topological polar surface area (TPSA) is 15.3 Å². The second kappa shape index (κ2) is 9.03. The Morgan fingerprint density at radius 3 is 2.19 bits per heavy atom. The van der Waals surface area contributed by atoms with Gasteiger partial charge in [0, 0.05) is 18.6 Å². The van der Waals surface area contributed by atoms with Crippen molar-refractivity contribution in [1.82, 2.24) is 10.2 Å². The minimum Gasteiger partial charge on any atom is -0.307 e. The van der Waals surface area contributed by atoms with E-state index in [1.807, 2.05) is 0 Å². The van der Waals surface area contributed by atoms with Gasteiger partial charge >= 0.3 is 0 Å². The maximum atomic E-state index is 3.82. The van der Waals surface area contributed by atoms with Gasteiger partial charge in [-0.3, -0.25) is 0 Å². The lowest BCUT2D eigenvalue weighted by atomic mass is 9.86. The maximum Gasteiger partial charge on any atom is 0.0294 e. The number of rotatable bonds is 6. The van der Waals surface area contributed by atoms with Crippen LogP contribution in [0.5, 0.6) is 0 Å². The van der Waals surface area contributed by atoms with Crippen molar-refractivity contribution < 1.29 is 0 Å². The molecule has 0 saturated carbocycles. The zero-order chi connectivity index (χ0) is 19.3. The number of hydrogen-bond donors (Lipinski definition) is 1. The van der Waals surface area contributed by atoms with E-state index in [9.17, 15) is 0 Å². The van der Waals surface area contributed by atoms with Gasteiger partial charge in [0.1, 0.15) is 0 Å². The Morgan fingerprint density at radius 1 is 0.963 bits per heavy atom. The highest BCUT2D eigenvalue weighted by Crippen LogP contribution is 2.22. The van der Waals surface area contributed by atoms with Gasteiger partial charge in [0.2, 0.25) is 0 Å². The predicted molar refractivity (Wildman–Crippen MR) is 116 cm³/mol. The third-order valence-electron chi connectivity index (χ3n) is 5.91. The van der Waals surface area contributed by atoms with Gasteiger partial charge in [0.25, 0.3) is 0 Å². The number of likely N-dealkylation sites (tertiary alicyclic amines) is 1. The van der Waals surface area contributed by atoms with Gasteiger partial charge in [-0.15, -0.1) is 0 Å². The Labute approximate surface area is 166 Å². The summed E-state index contributed by atoms with van der Waals surface area (Å²) in [5, 5.41) is 3.82. The molecule has 0 aromatic heterocycles. The maximum absolute atomic E-state index is 3.82. The molecule has 146 valence electrons. The molecule has 27 heavy (non-hydrogen) atoms. The Morgan fingerprint density at radius 2 is 1.59 bits per heavy atom. The highest BCUT2D eigenvalue weighted by Gasteiger charge is 2.20. The lowest BCUT2D eigenvalue weighted by Gasteiger charge is -2.34. The first-order valence-corrected chi connectivity index (χ1v) is 10.5. The summed E-state index contributed by atoms with van der Waals surface area (Å²) in [6.45, 7) is 12.7. The third-order valence-corrected chi connectivity index (χ3v) is 5.91. The van der Waals surface area contributed by atoms with E-state index in [-0.39, 0.29) is 5.41 Å². The van der Waals surface area contributed by atoms with Gasteiger partial charge in [0.05, 0.1) is 0 Å². The van der Waals surface area contributed by atoms with Gasteiger partial charge in [-0.1, -0.05) is 75.4 Å². The van der Waals surface area contributed by atoms with E-state index in [2.05, 4.69) is 92.5 Å². The van der Waals surface area contributed by atoms with Crippen LogP contribution in [-0.2, 0) is 11.8 Å². The number of piperidine rings is 1. The van der Waals surface area contributed by atoms with Crippen molar-refractivity contribution in [2.24, 2.45) is 0 Å². The molecule has 0 bridgehead atoms. The van der Waals surface area contributed by atoms with Crippen molar-refractivity contribution in [3.8, 4) is 0 Å². The molecule has 1 atom stereocenters. The van der Waals surface area contributed by atoms with Gasteiger partial charge in [-0.2, -0.15) is 0 Å². The number of nitrogens with zero attached hydrogens (tertiary/aromatic N) is 1. The van der Waals surface area contributed by atoms with Gasteiger partial charge in [0.15, 0.2) is 0 Å². The van der Waals surface area contributed by atoms with Crippen LogP contribution in [0.4, 0.5) is 0 Å². The van der Waals surface area contributed by atoms with Crippen LogP contribution < -0.4 is 5.32 Å². The van der Waals surface area contributed by atoms with Crippen molar-refractivity contribution in [1.29, 1.82) is 0 Å². The Balaban J connectivity index is 1.41. The average Bonchev–Trinajstić information content (AvgIpc) is 2.68. The first-order chi connectivity index (χ1) is 12.9. The largest absolute Gasteiger partial charge is 0.307 e. The lowest BCUT2D eigenvalue weighted by molar-refractivity contribution is 0.194. The highest BCUT2D eigenvalue weighted by atomic mass is 15.1. The molecule has 2 aromatic rings. The Bertz CT molecular complexity index is 677. The van der Waals surface area contributed by atoms with E-state index in [0.717, 1.165) is 6.42 Å². The summed E-state index contributed by atoms with van der Waals surface area (Å²) in [6.07, 6.45) is 3.66. The van der Waals surface area contributed by atoms with Crippen LogP contribution in [0.3, 0.4) is 0 Å². The molecule has 0 spiro atoms. The fourth-order valence-corrected chi connectivity index (χ4v) is 3.97. The first kappa shape index (κ1) is 20.1. The SMILES string of the molecule is CC(NC1CCN(CCc2ccc(C(C)(C)C)cc2)CC1)c1ccccc1. The van der Waals surface area contributed by atoms with Crippen molar-refractivity contribution in [2.45, 2.75) is 64.5 Å². The van der Waals surface area contributed by atoms with Crippen LogP contribution in [-0.4, -0.2) is 30.6 Å². The molecule has 1 aliphatic rings. The smallest absolute Gasteiger partial charge is 0.0294 e. The summed E-state index contributed by atoms with van der Waals surface area (Å²) >= 11 is 0. The van der Waals surface area contributed by atoms with Crippen molar-refractivity contribution >= 4 is 0 Å². The monoisotopic (exact) mass is 364 g/mol. The van der Waals surface area contributed by atoms with E-state index in [4.69, 9.17) is 0 Å². The summed E-state index contributed by atoms with van der Waals surface area (Å²) in [4.78, 5) is 2.63. The van der Waals surface area contributed by atoms with Crippen molar-refractivity contribution in [3.05, 3.63) is 71.3 Å². The molecule has 2 heteroatoms. The second-order valence-corrected chi connectivity index (χ2v) is 9.11. The molecular formula is C25H36N2. The molecule has 1 unspecified atom stereocenters. The standard InChI is InChI=1S/C25H36N2/c1-20(22-8-6-5-7-9-22)26-24-15-18-27(19-16-24)17-14-21-10-12-23(13-11-21)25(2,3)4/h5-13,20,24,26H,14-19H2,1-4H3. The highest BCUT2D eigenvalue weighted by molar-refractivity contribution is 5.27. The molecule has 3 rings (SSSR count). The Kier molecular flexibility index (Phi) is 6.73. The molecule has 0 aliphatic carbocycles. The molecule has 1 heterocycles. The van der Waals surface area contributed by atoms with Crippen LogP contribution in [0.1, 0.15) is 63.3 Å². The molecule has 1 fully saturated rings.